The van der Waals surface area contributed by atoms with Gasteiger partial charge in [0.1, 0.15) is 0 Å². The van der Waals surface area contributed by atoms with Crippen molar-refractivity contribution in [3.05, 3.63) is 0 Å². The van der Waals surface area contributed by atoms with Gasteiger partial charge in [0.25, 0.3) is 0 Å². The van der Waals surface area contributed by atoms with Crippen LogP contribution in [-0.4, -0.2) is 40.6 Å². The number of carbonyl (C=O) groups is 1. The van der Waals surface area contributed by atoms with Gasteiger partial charge in [-0.3, -0.25) is 4.79 Å². The number of nitrogens with zero attached hydrogens (tertiary/aromatic N) is 1. The number of aliphatic hydroxyl groups is 1. The van der Waals surface area contributed by atoms with Gasteiger partial charge in [-0.15, -0.1) is 0 Å². The van der Waals surface area contributed by atoms with Crippen LogP contribution in [0.4, 0.5) is 0 Å². The third-order valence-electron chi connectivity index (χ3n) is 2.91. The van der Waals surface area contributed by atoms with Gasteiger partial charge in [0, 0.05) is 13.1 Å². The second kappa shape index (κ2) is 4.28. The summed E-state index contributed by atoms with van der Waals surface area (Å²) in [6.45, 7) is 4.81. The lowest BCUT2D eigenvalue weighted by Crippen LogP contribution is -2.55. The number of β-amino-alcohol motifs (C(OH)–C–C–N with tert-alkyl or cyclic N) is 1. The van der Waals surface area contributed by atoms with Crippen molar-refractivity contribution in [2.75, 3.05) is 13.1 Å². The highest BCUT2D eigenvalue weighted by molar-refractivity contribution is 5.85. The molecule has 0 radical (unpaired) electrons. The lowest BCUT2D eigenvalue weighted by atomic mass is 9.96. The van der Waals surface area contributed by atoms with E-state index in [4.69, 9.17) is 5.73 Å². The molecular formula is C10H20N2O2. The standard InChI is InChI=1S/C10H20N2O2/c1-3-10(2,11)9(14)12-6-4-5-8(13)7-12/h8,13H,3-7,11H2,1-2H3/t8-,10?/m0/s1. The fraction of sp³-hybridized carbons (Fsp3) is 0.900. The Morgan fingerprint density at radius 2 is 2.36 bits per heavy atom. The Labute approximate surface area is 85.1 Å². The van der Waals surface area contributed by atoms with E-state index in [1.165, 1.54) is 0 Å². The molecule has 2 atom stereocenters. The van der Waals surface area contributed by atoms with Crippen LogP contribution < -0.4 is 5.73 Å². The van der Waals surface area contributed by atoms with E-state index in [2.05, 4.69) is 0 Å². The fourth-order valence-corrected chi connectivity index (χ4v) is 1.65. The average Bonchev–Trinajstić information content (AvgIpc) is 2.16. The third-order valence-corrected chi connectivity index (χ3v) is 2.91. The SMILES string of the molecule is CCC(C)(N)C(=O)N1CCC[C@H](O)C1. The molecule has 1 saturated heterocycles. The normalized spacial score (nSPS) is 27.1. The molecule has 3 N–H and O–H groups in total. The Morgan fingerprint density at radius 1 is 1.71 bits per heavy atom. The van der Waals surface area contributed by atoms with Crippen LogP contribution in [0.3, 0.4) is 0 Å². The number of hydrogen-bond acceptors (Lipinski definition) is 3. The lowest BCUT2D eigenvalue weighted by molar-refractivity contribution is -0.139. The molecule has 1 heterocycles. The van der Waals surface area contributed by atoms with Crippen LogP contribution in [0, 0.1) is 0 Å². The second-order valence-corrected chi connectivity index (χ2v) is 4.32. The van der Waals surface area contributed by atoms with Crippen LogP contribution in [-0.2, 0) is 4.79 Å². The van der Waals surface area contributed by atoms with Gasteiger partial charge in [-0.1, -0.05) is 6.92 Å². The van der Waals surface area contributed by atoms with Gasteiger partial charge in [-0.25, -0.2) is 0 Å². The lowest BCUT2D eigenvalue weighted by Gasteiger charge is -2.35. The number of hydrogen-bond donors (Lipinski definition) is 2. The number of piperidine rings is 1. The number of carbonyl (C=O) groups excluding carboxylic acids is 1. The Hall–Kier alpha value is -0.610. The molecule has 1 amide bonds. The van der Waals surface area contributed by atoms with Crippen molar-refractivity contribution in [2.24, 2.45) is 5.73 Å². The minimum absolute atomic E-state index is 0.0428. The van der Waals surface area contributed by atoms with Crippen LogP contribution >= 0.6 is 0 Å². The van der Waals surface area contributed by atoms with E-state index in [0.29, 0.717) is 13.0 Å². The van der Waals surface area contributed by atoms with Crippen molar-refractivity contribution < 1.29 is 9.90 Å². The predicted octanol–water partition coefficient (Wildman–Crippen LogP) is 0.0971. The minimum Gasteiger partial charge on any atom is -0.391 e. The Balaban J connectivity index is 2.60. The number of nitrogens with two attached hydrogens (primary N) is 1. The van der Waals surface area contributed by atoms with Crippen molar-refractivity contribution in [1.82, 2.24) is 4.90 Å². The van der Waals surface area contributed by atoms with Crippen molar-refractivity contribution in [3.8, 4) is 0 Å². The summed E-state index contributed by atoms with van der Waals surface area (Å²) in [5, 5.41) is 9.43. The summed E-state index contributed by atoms with van der Waals surface area (Å²) in [6.07, 6.45) is 1.91. The summed E-state index contributed by atoms with van der Waals surface area (Å²) in [6, 6.07) is 0. The van der Waals surface area contributed by atoms with Crippen LogP contribution in [0.2, 0.25) is 0 Å². The van der Waals surface area contributed by atoms with Gasteiger partial charge >= 0.3 is 0 Å². The minimum atomic E-state index is -0.781. The molecule has 1 unspecified atom stereocenters. The first-order valence-corrected chi connectivity index (χ1v) is 5.23. The molecule has 0 aromatic rings. The molecule has 1 fully saturated rings. The summed E-state index contributed by atoms with van der Waals surface area (Å²) in [4.78, 5) is 13.6. The van der Waals surface area contributed by atoms with Crippen molar-refractivity contribution in [1.29, 1.82) is 0 Å². The monoisotopic (exact) mass is 200 g/mol. The zero-order valence-electron chi connectivity index (χ0n) is 8.99. The van der Waals surface area contributed by atoms with Gasteiger partial charge in [0.15, 0.2) is 0 Å². The summed E-state index contributed by atoms with van der Waals surface area (Å²) < 4.78 is 0. The maximum absolute atomic E-state index is 11.9. The van der Waals surface area contributed by atoms with Crippen LogP contribution in [0.5, 0.6) is 0 Å². The van der Waals surface area contributed by atoms with E-state index in [-0.39, 0.29) is 12.0 Å². The van der Waals surface area contributed by atoms with Gasteiger partial charge in [-0.2, -0.15) is 0 Å². The quantitative estimate of drug-likeness (QED) is 0.664. The highest BCUT2D eigenvalue weighted by Crippen LogP contribution is 2.15. The smallest absolute Gasteiger partial charge is 0.242 e. The first kappa shape index (κ1) is 11.5. The van der Waals surface area contributed by atoms with E-state index < -0.39 is 5.54 Å². The van der Waals surface area contributed by atoms with Gasteiger partial charge in [0.2, 0.25) is 5.91 Å². The zero-order chi connectivity index (χ0) is 10.8. The second-order valence-electron chi connectivity index (χ2n) is 4.32. The van der Waals surface area contributed by atoms with Crippen LogP contribution in [0.1, 0.15) is 33.1 Å². The number of aliphatic hydroxyl groups excluding tert-OH is 1. The first-order valence-electron chi connectivity index (χ1n) is 5.23. The van der Waals surface area contributed by atoms with Crippen LogP contribution in [0.25, 0.3) is 0 Å². The summed E-state index contributed by atoms with van der Waals surface area (Å²) in [7, 11) is 0. The van der Waals surface area contributed by atoms with Crippen LogP contribution in [0.15, 0.2) is 0 Å². The van der Waals surface area contributed by atoms with Crippen molar-refractivity contribution >= 4 is 5.91 Å². The highest BCUT2D eigenvalue weighted by Gasteiger charge is 2.33. The average molecular weight is 200 g/mol. The molecule has 4 heteroatoms. The highest BCUT2D eigenvalue weighted by atomic mass is 16.3. The van der Waals surface area contributed by atoms with E-state index >= 15 is 0 Å². The van der Waals surface area contributed by atoms with E-state index in [0.717, 1.165) is 19.4 Å². The van der Waals surface area contributed by atoms with Crippen molar-refractivity contribution in [2.45, 2.75) is 44.8 Å². The molecule has 1 aliphatic heterocycles. The van der Waals surface area contributed by atoms with E-state index in [1.54, 1.807) is 11.8 Å². The number of amides is 1. The number of rotatable bonds is 2. The topological polar surface area (TPSA) is 66.6 Å². The van der Waals surface area contributed by atoms with Gasteiger partial charge in [0.05, 0.1) is 11.6 Å². The molecule has 1 aliphatic rings. The fourth-order valence-electron chi connectivity index (χ4n) is 1.65. The largest absolute Gasteiger partial charge is 0.391 e. The van der Waals surface area contributed by atoms with Crippen molar-refractivity contribution in [3.63, 3.8) is 0 Å². The molecular weight excluding hydrogens is 180 g/mol. The Bertz CT molecular complexity index is 216. The third kappa shape index (κ3) is 2.45. The Morgan fingerprint density at radius 3 is 2.86 bits per heavy atom. The molecule has 0 spiro atoms. The summed E-state index contributed by atoms with van der Waals surface area (Å²) in [5.41, 5.74) is 5.08. The zero-order valence-corrected chi connectivity index (χ0v) is 8.99. The molecule has 0 saturated carbocycles. The molecule has 82 valence electrons. The molecule has 0 aliphatic carbocycles. The predicted molar refractivity (Wildman–Crippen MR) is 54.7 cm³/mol. The first-order chi connectivity index (χ1) is 6.47. The maximum atomic E-state index is 11.9. The molecule has 1 rings (SSSR count). The molecule has 0 aromatic carbocycles. The van der Waals surface area contributed by atoms with E-state index in [9.17, 15) is 9.90 Å². The number of likely N-dealkylation sites (tertiary alicyclic amines) is 1. The Kier molecular flexibility index (Phi) is 3.50. The van der Waals surface area contributed by atoms with E-state index in [1.807, 2.05) is 6.92 Å². The van der Waals surface area contributed by atoms with Gasteiger partial charge in [-0.05, 0) is 26.2 Å². The maximum Gasteiger partial charge on any atom is 0.242 e. The summed E-state index contributed by atoms with van der Waals surface area (Å²) >= 11 is 0. The molecule has 0 aromatic heterocycles. The molecule has 14 heavy (non-hydrogen) atoms. The van der Waals surface area contributed by atoms with Gasteiger partial charge < -0.3 is 15.7 Å². The molecule has 4 nitrogen and oxygen atoms in total. The molecule has 0 bridgehead atoms. The summed E-state index contributed by atoms with van der Waals surface area (Å²) in [5.74, 6) is -0.0428.